The number of nitrogens with zero attached hydrogens (tertiary/aromatic N) is 4. The number of hydrogen-bond acceptors (Lipinski definition) is 4. The smallest absolute Gasteiger partial charge is 0.332 e. The van der Waals surface area contributed by atoms with Gasteiger partial charge >= 0.3 is 5.69 Å². The summed E-state index contributed by atoms with van der Waals surface area (Å²) in [5, 5.41) is 9.45. The van der Waals surface area contributed by atoms with Crippen LogP contribution in [0.5, 0.6) is 0 Å². The molecular formula is C16H22N4O2. The van der Waals surface area contributed by atoms with Crippen LogP contribution in [0, 0.1) is 17.2 Å². The molecule has 1 aliphatic heterocycles. The number of rotatable bonds is 2. The van der Waals surface area contributed by atoms with E-state index < -0.39 is 5.56 Å². The molecule has 1 atom stereocenters. The van der Waals surface area contributed by atoms with E-state index in [1.54, 1.807) is 7.05 Å². The fraction of sp³-hybridized carbons (Fsp3) is 0.688. The highest BCUT2D eigenvalue weighted by molar-refractivity contribution is 5.55. The molecule has 22 heavy (non-hydrogen) atoms. The van der Waals surface area contributed by atoms with Gasteiger partial charge in [-0.05, 0) is 31.6 Å². The first-order valence-corrected chi connectivity index (χ1v) is 8.03. The molecule has 1 saturated heterocycles. The van der Waals surface area contributed by atoms with E-state index in [9.17, 15) is 14.9 Å². The van der Waals surface area contributed by atoms with Crippen LogP contribution in [-0.2, 0) is 14.1 Å². The summed E-state index contributed by atoms with van der Waals surface area (Å²) < 4.78 is 2.48. The lowest BCUT2D eigenvalue weighted by Crippen LogP contribution is -2.45. The van der Waals surface area contributed by atoms with Crippen molar-refractivity contribution in [1.82, 2.24) is 9.13 Å². The maximum Gasteiger partial charge on any atom is 0.332 e. The van der Waals surface area contributed by atoms with Crippen molar-refractivity contribution in [2.45, 2.75) is 44.6 Å². The Labute approximate surface area is 129 Å². The average Bonchev–Trinajstić information content (AvgIpc) is 3.18. The first kappa shape index (κ1) is 14.9. The van der Waals surface area contributed by atoms with E-state index in [1.807, 2.05) is 6.07 Å². The van der Waals surface area contributed by atoms with Gasteiger partial charge in [0.2, 0.25) is 0 Å². The second-order valence-electron chi connectivity index (χ2n) is 6.46. The predicted molar refractivity (Wildman–Crippen MR) is 84.0 cm³/mol. The third-order valence-corrected chi connectivity index (χ3v) is 5.26. The van der Waals surface area contributed by atoms with Gasteiger partial charge in [0.1, 0.15) is 11.9 Å². The Morgan fingerprint density at radius 1 is 1.05 bits per heavy atom. The molecule has 0 aromatic carbocycles. The highest BCUT2D eigenvalue weighted by Crippen LogP contribution is 2.37. The van der Waals surface area contributed by atoms with Gasteiger partial charge in [-0.3, -0.25) is 13.9 Å². The van der Waals surface area contributed by atoms with Gasteiger partial charge in [0.25, 0.3) is 5.56 Å². The van der Waals surface area contributed by atoms with Crippen LogP contribution < -0.4 is 16.1 Å². The highest BCUT2D eigenvalue weighted by atomic mass is 16.2. The van der Waals surface area contributed by atoms with Gasteiger partial charge in [-0.25, -0.2) is 4.79 Å². The Balaban J connectivity index is 2.13. The van der Waals surface area contributed by atoms with E-state index in [4.69, 9.17) is 0 Å². The Hall–Kier alpha value is -2.03. The van der Waals surface area contributed by atoms with Crippen LogP contribution in [0.1, 0.15) is 44.1 Å². The summed E-state index contributed by atoms with van der Waals surface area (Å²) in [4.78, 5) is 26.7. The van der Waals surface area contributed by atoms with Crippen LogP contribution in [0.2, 0.25) is 0 Å². The Kier molecular flexibility index (Phi) is 3.81. The molecule has 0 spiro atoms. The van der Waals surface area contributed by atoms with Crippen LogP contribution in [0.25, 0.3) is 0 Å². The number of nitriles is 1. The number of hydrogen-bond donors (Lipinski definition) is 0. The fourth-order valence-corrected chi connectivity index (χ4v) is 4.16. The molecular weight excluding hydrogens is 280 g/mol. The zero-order valence-electron chi connectivity index (χ0n) is 13.2. The minimum Gasteiger partial charge on any atom is -0.353 e. The number of anilines is 1. The van der Waals surface area contributed by atoms with Gasteiger partial charge in [-0.2, -0.15) is 5.26 Å². The summed E-state index contributed by atoms with van der Waals surface area (Å²) >= 11 is 0. The lowest BCUT2D eigenvalue weighted by Gasteiger charge is -2.32. The van der Waals surface area contributed by atoms with Crippen LogP contribution in [0.3, 0.4) is 0 Å². The molecule has 0 radical (unpaired) electrons. The third-order valence-electron chi connectivity index (χ3n) is 5.26. The van der Waals surface area contributed by atoms with E-state index >= 15 is 0 Å². The quantitative estimate of drug-likeness (QED) is 0.820. The van der Waals surface area contributed by atoms with Crippen LogP contribution in [0.4, 0.5) is 5.82 Å². The molecule has 6 heteroatoms. The molecule has 1 aromatic heterocycles. The minimum absolute atomic E-state index is 0.0921. The summed E-state index contributed by atoms with van der Waals surface area (Å²) in [6.45, 7) is 0.816. The Bertz CT molecular complexity index is 734. The molecule has 1 aromatic rings. The third kappa shape index (κ3) is 2.16. The van der Waals surface area contributed by atoms with E-state index in [-0.39, 0.29) is 11.3 Å². The summed E-state index contributed by atoms with van der Waals surface area (Å²) in [5.74, 6) is 1.14. The van der Waals surface area contributed by atoms with Crippen LogP contribution in [0.15, 0.2) is 9.59 Å². The van der Waals surface area contributed by atoms with Crippen LogP contribution >= 0.6 is 0 Å². The Morgan fingerprint density at radius 2 is 1.73 bits per heavy atom. The van der Waals surface area contributed by atoms with Crippen molar-refractivity contribution in [1.29, 1.82) is 5.26 Å². The normalized spacial score (nSPS) is 22.2. The van der Waals surface area contributed by atoms with Crippen molar-refractivity contribution in [3.05, 3.63) is 26.4 Å². The first-order chi connectivity index (χ1) is 10.6. The summed E-state index contributed by atoms with van der Waals surface area (Å²) in [7, 11) is 3.08. The molecule has 3 rings (SSSR count). The molecule has 6 nitrogen and oxygen atoms in total. The van der Waals surface area contributed by atoms with Crippen molar-refractivity contribution < 1.29 is 0 Å². The van der Waals surface area contributed by atoms with E-state index in [0.29, 0.717) is 17.8 Å². The Morgan fingerprint density at radius 3 is 2.36 bits per heavy atom. The van der Waals surface area contributed by atoms with Gasteiger partial charge < -0.3 is 4.90 Å². The first-order valence-electron chi connectivity index (χ1n) is 8.03. The highest BCUT2D eigenvalue weighted by Gasteiger charge is 2.36. The minimum atomic E-state index is -0.488. The van der Waals surface area contributed by atoms with Gasteiger partial charge in [0.15, 0.2) is 5.56 Å². The van der Waals surface area contributed by atoms with Crippen molar-refractivity contribution in [3.8, 4) is 6.07 Å². The topological polar surface area (TPSA) is 71.0 Å². The molecule has 2 aliphatic rings. The summed E-state index contributed by atoms with van der Waals surface area (Å²) in [6.07, 6.45) is 7.07. The van der Waals surface area contributed by atoms with Gasteiger partial charge in [0, 0.05) is 26.7 Å². The fourth-order valence-electron chi connectivity index (χ4n) is 4.16. The largest absolute Gasteiger partial charge is 0.353 e. The maximum absolute atomic E-state index is 12.3. The SMILES string of the molecule is Cn1c(N2CCC[C@H]2C2CCCC2)c(C#N)c(=O)n(C)c1=O. The number of aromatic nitrogens is 2. The van der Waals surface area contributed by atoms with E-state index in [0.717, 1.165) is 24.0 Å². The maximum atomic E-state index is 12.3. The van der Waals surface area contributed by atoms with E-state index in [1.165, 1.54) is 37.3 Å². The zero-order chi connectivity index (χ0) is 15.9. The van der Waals surface area contributed by atoms with Gasteiger partial charge in [-0.1, -0.05) is 12.8 Å². The summed E-state index contributed by atoms with van der Waals surface area (Å²) in [6, 6.07) is 2.38. The molecule has 2 heterocycles. The van der Waals surface area contributed by atoms with Crippen molar-refractivity contribution >= 4 is 5.82 Å². The molecule has 2 fully saturated rings. The van der Waals surface area contributed by atoms with Crippen LogP contribution in [-0.4, -0.2) is 21.7 Å². The van der Waals surface area contributed by atoms with Gasteiger partial charge in [0.05, 0.1) is 0 Å². The molecule has 0 N–H and O–H groups in total. The molecule has 0 bridgehead atoms. The average molecular weight is 302 g/mol. The standard InChI is InChI=1S/C16H22N4O2/c1-18-14(12(10-17)15(21)19(2)16(18)22)20-9-5-8-13(20)11-6-3-4-7-11/h11,13H,3-9H2,1-2H3/t13-/m0/s1. The monoisotopic (exact) mass is 302 g/mol. The molecule has 1 aliphatic carbocycles. The lowest BCUT2D eigenvalue weighted by molar-refractivity contribution is 0.425. The second-order valence-corrected chi connectivity index (χ2v) is 6.46. The molecule has 0 amide bonds. The molecule has 118 valence electrons. The van der Waals surface area contributed by atoms with Crippen molar-refractivity contribution in [2.24, 2.45) is 20.0 Å². The molecule has 1 saturated carbocycles. The van der Waals surface area contributed by atoms with E-state index in [2.05, 4.69) is 4.90 Å². The van der Waals surface area contributed by atoms with Crippen molar-refractivity contribution in [3.63, 3.8) is 0 Å². The zero-order valence-corrected chi connectivity index (χ0v) is 13.2. The lowest BCUT2D eigenvalue weighted by atomic mass is 9.96. The second kappa shape index (κ2) is 5.64. The summed E-state index contributed by atoms with van der Waals surface area (Å²) in [5.41, 5.74) is -0.761. The predicted octanol–water partition coefficient (Wildman–Crippen LogP) is 1.11. The van der Waals surface area contributed by atoms with Gasteiger partial charge in [-0.15, -0.1) is 0 Å². The molecule has 0 unspecified atom stereocenters. The van der Waals surface area contributed by atoms with Crippen molar-refractivity contribution in [2.75, 3.05) is 11.4 Å².